The van der Waals surface area contributed by atoms with E-state index in [0.29, 0.717) is 0 Å². The third kappa shape index (κ3) is 16.5. The second-order valence-corrected chi connectivity index (χ2v) is 15.5. The van der Waals surface area contributed by atoms with Crippen molar-refractivity contribution in [2.24, 2.45) is 0 Å². The minimum Gasteiger partial charge on any atom is 2.00 e. The van der Waals surface area contributed by atoms with E-state index in [0.717, 1.165) is 5.56 Å². The van der Waals surface area contributed by atoms with E-state index in [1.165, 1.54) is 0 Å². The van der Waals surface area contributed by atoms with E-state index in [9.17, 15) is 0 Å². The maximum Gasteiger partial charge on any atom is 2.00 e. The van der Waals surface area contributed by atoms with Crippen LogP contribution in [0.1, 0.15) is 5.56 Å². The third-order valence-corrected chi connectivity index (χ3v) is 0.918. The van der Waals surface area contributed by atoms with Crippen molar-refractivity contribution in [1.29, 1.82) is 0 Å². The minimum absolute atomic E-state index is 0. The third-order valence-electron chi connectivity index (χ3n) is 0.918. The maximum atomic E-state index is 6.69. The van der Waals surface area contributed by atoms with Crippen LogP contribution in [-0.4, -0.2) is 23.1 Å². The van der Waals surface area contributed by atoms with Gasteiger partial charge in [0.05, 0.1) is 0 Å². The Balaban J connectivity index is -0.000000180. The molecule has 71 valence electrons. The molecule has 1 aromatic carbocycles. The summed E-state index contributed by atoms with van der Waals surface area (Å²) in [5.74, 6) is 2.28. The second kappa shape index (κ2) is 15.1. The Bertz CT molecular complexity index is 245. The van der Waals surface area contributed by atoms with Gasteiger partial charge in [0.25, 0.3) is 0 Å². The van der Waals surface area contributed by atoms with Gasteiger partial charge in [-0.25, -0.2) is 0 Å². The second-order valence-electron chi connectivity index (χ2n) is 1.71. The van der Waals surface area contributed by atoms with Gasteiger partial charge in [0, 0.05) is 0 Å². The van der Waals surface area contributed by atoms with Crippen molar-refractivity contribution in [2.45, 2.75) is 0 Å². The van der Waals surface area contributed by atoms with E-state index in [-0.39, 0.29) is 35.5 Å². The topological polar surface area (TPSA) is 0 Å². The standard InChI is InChI=1S/C8H5.Ce.4ClH.Mg/c1-2-8-6-4-3-5-7-8;;;;;;/h3-7H;;4*1H;/q-1;+3;;;;;+2/p-4. The summed E-state index contributed by atoms with van der Waals surface area (Å²) in [5.41, 5.74) is 15.9. The number of halogens is 4. The van der Waals surface area contributed by atoms with Crippen LogP contribution in [0, 0.1) is 43.0 Å². The molecule has 0 nitrogen and oxygen atoms in total. The van der Waals surface area contributed by atoms with Gasteiger partial charge in [-0.2, -0.15) is 0 Å². The molecule has 0 fully saturated rings. The van der Waals surface area contributed by atoms with Crippen molar-refractivity contribution in [2.75, 3.05) is 0 Å². The van der Waals surface area contributed by atoms with E-state index in [1.54, 1.807) is 0 Å². The van der Waals surface area contributed by atoms with Crippen LogP contribution in [0.25, 0.3) is 0 Å². The summed E-state index contributed by atoms with van der Waals surface area (Å²) in [4.78, 5) is 0. The van der Waals surface area contributed by atoms with Crippen molar-refractivity contribution in [1.82, 2.24) is 0 Å². The molecule has 0 bridgehead atoms. The number of hydrogen-bond acceptors (Lipinski definition) is 0. The first-order chi connectivity index (χ1) is 5.66. The Morgan fingerprint density at radius 1 is 1.07 bits per heavy atom. The fourth-order valence-electron chi connectivity index (χ4n) is 0.521. The molecule has 0 aromatic heterocycles. The van der Waals surface area contributed by atoms with E-state index in [4.69, 9.17) is 23.3 Å². The Hall–Kier alpha value is 2.08. The fourth-order valence-corrected chi connectivity index (χ4v) is 0.521. The first-order valence-corrected chi connectivity index (χ1v) is 14.8. The van der Waals surface area contributed by atoms with E-state index in [1.807, 2.05) is 30.3 Å². The van der Waals surface area contributed by atoms with Crippen molar-refractivity contribution in [3.05, 3.63) is 42.3 Å². The van der Waals surface area contributed by atoms with Gasteiger partial charge in [-0.1, -0.05) is 18.2 Å². The van der Waals surface area contributed by atoms with Gasteiger partial charge >= 0.3 is 70.6 Å². The van der Waals surface area contributed by atoms with E-state index < -0.39 is 30.7 Å². The fraction of sp³-hybridized carbons (Fsp3) is 0. The van der Waals surface area contributed by atoms with Crippen LogP contribution in [0.5, 0.6) is 0 Å². The predicted molar refractivity (Wildman–Crippen MR) is 56.0 cm³/mol. The molecule has 6 heteroatoms. The van der Waals surface area contributed by atoms with Gasteiger partial charge in [-0.15, -0.1) is 17.7 Å². The largest absolute Gasteiger partial charge is 2.00 e. The summed E-state index contributed by atoms with van der Waals surface area (Å²) in [7, 11) is 0. The molecule has 0 radical (unpaired) electrons. The Morgan fingerprint density at radius 2 is 1.43 bits per heavy atom. The van der Waals surface area contributed by atoms with Crippen LogP contribution < -0.4 is 12.4 Å². The molecular weight excluding hydrogens is 402 g/mol. The summed E-state index contributed by atoms with van der Waals surface area (Å²) in [6.45, 7) is 0. The molecule has 0 aliphatic heterocycles. The molecule has 0 N–H and O–H groups in total. The van der Waals surface area contributed by atoms with Crippen LogP contribution in [0.15, 0.2) is 30.3 Å². The van der Waals surface area contributed by atoms with Crippen molar-refractivity contribution in [3.8, 4) is 5.92 Å². The van der Waals surface area contributed by atoms with Gasteiger partial charge in [0.2, 0.25) is 0 Å². The molecule has 0 aliphatic carbocycles. The first kappa shape index (κ1) is 21.4. The normalized spacial score (nSPS) is 6.43. The molecule has 0 saturated heterocycles. The Morgan fingerprint density at radius 3 is 1.64 bits per heavy atom. The molecule has 14 heavy (non-hydrogen) atoms. The predicted octanol–water partition coefficient (Wildman–Crippen LogP) is 0.316. The van der Waals surface area contributed by atoms with Crippen LogP contribution in [0.2, 0.25) is 0 Å². The zero-order chi connectivity index (χ0) is 9.40. The van der Waals surface area contributed by atoms with E-state index >= 15 is 0 Å². The van der Waals surface area contributed by atoms with Crippen molar-refractivity contribution >= 4 is 39.9 Å². The van der Waals surface area contributed by atoms with Crippen LogP contribution in [0.4, 0.5) is 0 Å². The molecule has 0 spiro atoms. The summed E-state index contributed by atoms with van der Waals surface area (Å²) in [5, 5.41) is 0. The van der Waals surface area contributed by atoms with Gasteiger partial charge in [-0.3, -0.25) is 5.92 Å². The monoisotopic (exact) mass is 405 g/mol. The quantitative estimate of drug-likeness (QED) is 0.330. The molecule has 1 rings (SSSR count). The molecular formula is C8H5CeCl4Mg. The van der Waals surface area contributed by atoms with Gasteiger partial charge in [0.1, 0.15) is 0 Å². The van der Waals surface area contributed by atoms with Crippen molar-refractivity contribution < 1.29 is 43.1 Å². The molecule has 0 unspecified atom stereocenters. The van der Waals surface area contributed by atoms with Crippen LogP contribution >= 0.6 is 16.9 Å². The van der Waals surface area contributed by atoms with Crippen molar-refractivity contribution in [3.63, 3.8) is 0 Å². The molecule has 0 saturated carbocycles. The molecule has 0 atom stereocenters. The SMILES string of the molecule is [C-]#Cc1ccccc1.[Cl-].[Cl][Ce]([Cl])[Cl].[Mg+2]. The van der Waals surface area contributed by atoms with Gasteiger partial charge in [0.15, 0.2) is 0 Å². The summed E-state index contributed by atoms with van der Waals surface area (Å²) in [6.07, 6.45) is 6.69. The maximum absolute atomic E-state index is 6.69. The molecule has 0 heterocycles. The average molecular weight is 407 g/mol. The molecule has 0 amide bonds. The Kier molecular flexibility index (Phi) is 23.0. The minimum atomic E-state index is -2.24. The number of hydrogen-bond donors (Lipinski definition) is 0. The average Bonchev–Trinajstić information content (AvgIpc) is 2.05. The number of rotatable bonds is 0. The van der Waals surface area contributed by atoms with E-state index in [2.05, 4.69) is 5.92 Å². The summed E-state index contributed by atoms with van der Waals surface area (Å²) in [6, 6.07) is 9.37. The van der Waals surface area contributed by atoms with Crippen LogP contribution in [0.3, 0.4) is 0 Å². The Labute approximate surface area is 129 Å². The zero-order valence-corrected chi connectivity index (χ0v) is 14.7. The van der Waals surface area contributed by atoms with Gasteiger partial charge in [-0.05, 0) is 0 Å². The summed E-state index contributed by atoms with van der Waals surface area (Å²) >= 11 is -2.24. The summed E-state index contributed by atoms with van der Waals surface area (Å²) < 4.78 is 0. The van der Waals surface area contributed by atoms with Gasteiger partial charge < -0.3 is 18.8 Å². The molecule has 0 aliphatic rings. The number of benzene rings is 1. The smallest absolute Gasteiger partial charge is 2.00 e. The first-order valence-electron chi connectivity index (χ1n) is 2.98. The molecule has 1 aromatic rings. The van der Waals surface area contributed by atoms with Crippen LogP contribution in [-0.2, 0) is 0 Å². The zero-order valence-electron chi connectivity index (χ0n) is 7.11.